The van der Waals surface area contributed by atoms with Crippen LogP contribution in [-0.2, 0) is 14.8 Å². The number of piperidine rings is 1. The first-order valence-corrected chi connectivity index (χ1v) is 10.9. The molecule has 0 spiro atoms. The van der Waals surface area contributed by atoms with Crippen LogP contribution in [0.1, 0.15) is 36.8 Å². The molecule has 2 fully saturated rings. The second kappa shape index (κ2) is 8.06. The van der Waals surface area contributed by atoms with Crippen LogP contribution in [0.5, 0.6) is 0 Å². The predicted molar refractivity (Wildman–Crippen MR) is 101 cm³/mol. The Hall–Kier alpha value is -1.44. The second-order valence-corrected chi connectivity index (χ2v) is 9.39. The number of benzene rings is 1. The molecule has 1 atom stereocenters. The van der Waals surface area contributed by atoms with Gasteiger partial charge in [-0.2, -0.15) is 4.31 Å². The number of nitrogens with zero attached hydrogens (tertiary/aromatic N) is 1. The van der Waals surface area contributed by atoms with Crippen LogP contribution in [0.2, 0.25) is 0 Å². The molecule has 0 aliphatic carbocycles. The molecule has 2 aliphatic rings. The molecule has 1 aromatic carbocycles. The molecule has 2 saturated heterocycles. The van der Waals surface area contributed by atoms with Crippen molar-refractivity contribution in [1.82, 2.24) is 14.9 Å². The first kappa shape index (κ1) is 19.3. The lowest BCUT2D eigenvalue weighted by molar-refractivity contribution is -0.126. The summed E-state index contributed by atoms with van der Waals surface area (Å²) in [5.74, 6) is -0.0377. The van der Waals surface area contributed by atoms with Crippen LogP contribution >= 0.6 is 0 Å². The molecule has 0 aromatic heterocycles. The summed E-state index contributed by atoms with van der Waals surface area (Å²) in [7, 11) is -3.49. The quantitative estimate of drug-likeness (QED) is 0.814. The van der Waals surface area contributed by atoms with Crippen LogP contribution in [-0.4, -0.2) is 50.9 Å². The molecule has 0 saturated carbocycles. The Labute approximate surface area is 156 Å². The Kier molecular flexibility index (Phi) is 5.99. The van der Waals surface area contributed by atoms with E-state index in [1.54, 1.807) is 6.07 Å². The highest BCUT2D eigenvalue weighted by Gasteiger charge is 2.33. The average molecular weight is 380 g/mol. The minimum Gasteiger partial charge on any atom is -0.354 e. The molecule has 26 heavy (non-hydrogen) atoms. The minimum atomic E-state index is -3.49. The number of sulfonamides is 1. The fourth-order valence-electron chi connectivity index (χ4n) is 3.89. The van der Waals surface area contributed by atoms with E-state index in [9.17, 15) is 13.2 Å². The van der Waals surface area contributed by atoms with Gasteiger partial charge in [0, 0.05) is 31.6 Å². The van der Waals surface area contributed by atoms with Gasteiger partial charge < -0.3 is 10.6 Å². The van der Waals surface area contributed by atoms with E-state index in [0.717, 1.165) is 30.5 Å². The molecule has 2 N–H and O–H groups in total. The Morgan fingerprint density at radius 3 is 2.58 bits per heavy atom. The smallest absolute Gasteiger partial charge is 0.243 e. The summed E-state index contributed by atoms with van der Waals surface area (Å²) >= 11 is 0. The van der Waals surface area contributed by atoms with E-state index in [1.807, 2.05) is 26.0 Å². The highest BCUT2D eigenvalue weighted by molar-refractivity contribution is 7.89. The third kappa shape index (κ3) is 4.27. The fourth-order valence-corrected chi connectivity index (χ4v) is 5.56. The van der Waals surface area contributed by atoms with E-state index in [2.05, 4.69) is 10.6 Å². The molecule has 0 bridgehead atoms. The summed E-state index contributed by atoms with van der Waals surface area (Å²) < 4.78 is 27.3. The molecule has 3 rings (SSSR count). The molecule has 6 nitrogen and oxygen atoms in total. The lowest BCUT2D eigenvalue weighted by Crippen LogP contribution is -2.45. The highest BCUT2D eigenvalue weighted by Crippen LogP contribution is 2.26. The van der Waals surface area contributed by atoms with Crippen molar-refractivity contribution in [2.45, 2.75) is 50.5 Å². The van der Waals surface area contributed by atoms with Gasteiger partial charge in [-0.1, -0.05) is 17.7 Å². The fraction of sp³-hybridized carbons (Fsp3) is 0.632. The maximum atomic E-state index is 12.9. The highest BCUT2D eigenvalue weighted by atomic mass is 32.2. The topological polar surface area (TPSA) is 78.5 Å². The molecule has 0 radical (unpaired) electrons. The molecular formula is C19H29N3O3S. The lowest BCUT2D eigenvalue weighted by Gasteiger charge is -2.31. The Balaban J connectivity index is 1.56. The van der Waals surface area contributed by atoms with Gasteiger partial charge in [0.2, 0.25) is 15.9 Å². The van der Waals surface area contributed by atoms with Gasteiger partial charge in [-0.3, -0.25) is 4.79 Å². The summed E-state index contributed by atoms with van der Waals surface area (Å²) in [5.41, 5.74) is 1.82. The summed E-state index contributed by atoms with van der Waals surface area (Å²) in [4.78, 5) is 12.7. The Morgan fingerprint density at radius 1 is 1.23 bits per heavy atom. The van der Waals surface area contributed by atoms with Crippen molar-refractivity contribution < 1.29 is 13.2 Å². The Bertz CT molecular complexity index is 749. The van der Waals surface area contributed by atoms with E-state index in [1.165, 1.54) is 4.31 Å². The molecule has 7 heteroatoms. The third-order valence-corrected chi connectivity index (χ3v) is 7.52. The molecule has 1 unspecified atom stereocenters. The van der Waals surface area contributed by atoms with Crippen molar-refractivity contribution >= 4 is 15.9 Å². The maximum absolute atomic E-state index is 12.9. The minimum absolute atomic E-state index is 0.0577. The van der Waals surface area contributed by atoms with Crippen molar-refractivity contribution in [3.63, 3.8) is 0 Å². The number of carbonyl (C=O) groups is 1. The predicted octanol–water partition coefficient (Wildman–Crippen LogP) is 1.57. The zero-order chi connectivity index (χ0) is 18.7. The largest absolute Gasteiger partial charge is 0.354 e. The van der Waals surface area contributed by atoms with Crippen molar-refractivity contribution in [1.29, 1.82) is 0 Å². The number of nitrogens with one attached hydrogen (secondary N) is 2. The first-order valence-electron chi connectivity index (χ1n) is 9.46. The number of amides is 1. The number of aryl methyl sites for hydroxylation is 2. The summed E-state index contributed by atoms with van der Waals surface area (Å²) in [6, 6.07) is 5.79. The van der Waals surface area contributed by atoms with Crippen LogP contribution in [0.4, 0.5) is 0 Å². The van der Waals surface area contributed by atoms with Crippen LogP contribution in [0.15, 0.2) is 23.1 Å². The van der Waals surface area contributed by atoms with Gasteiger partial charge in [-0.25, -0.2) is 8.42 Å². The van der Waals surface area contributed by atoms with Crippen molar-refractivity contribution in [3.8, 4) is 0 Å². The first-order chi connectivity index (χ1) is 12.4. The molecule has 1 amide bonds. The molecule has 144 valence electrons. The van der Waals surface area contributed by atoms with Gasteiger partial charge in [-0.15, -0.1) is 0 Å². The summed E-state index contributed by atoms with van der Waals surface area (Å²) in [5, 5.41) is 6.39. The van der Waals surface area contributed by atoms with Gasteiger partial charge in [0.05, 0.1) is 4.90 Å². The van der Waals surface area contributed by atoms with Gasteiger partial charge in [-0.05, 0) is 57.7 Å². The van der Waals surface area contributed by atoms with Gasteiger partial charge >= 0.3 is 0 Å². The van der Waals surface area contributed by atoms with E-state index < -0.39 is 10.0 Å². The van der Waals surface area contributed by atoms with E-state index in [0.29, 0.717) is 43.4 Å². The van der Waals surface area contributed by atoms with E-state index >= 15 is 0 Å². The maximum Gasteiger partial charge on any atom is 0.243 e. The second-order valence-electron chi connectivity index (χ2n) is 7.49. The molecular weight excluding hydrogens is 350 g/mol. The molecule has 2 aliphatic heterocycles. The van der Waals surface area contributed by atoms with Gasteiger partial charge in [0.15, 0.2) is 0 Å². The van der Waals surface area contributed by atoms with Gasteiger partial charge in [0.25, 0.3) is 0 Å². The number of carbonyl (C=O) groups excluding carboxylic acids is 1. The monoisotopic (exact) mass is 379 g/mol. The van der Waals surface area contributed by atoms with Gasteiger partial charge in [0.1, 0.15) is 0 Å². The van der Waals surface area contributed by atoms with E-state index in [4.69, 9.17) is 0 Å². The summed E-state index contributed by atoms with van der Waals surface area (Å²) in [6.45, 7) is 6.27. The van der Waals surface area contributed by atoms with Crippen LogP contribution in [0.25, 0.3) is 0 Å². The standard InChI is InChI=1S/C19H29N3O3S/c1-14-5-6-18(15(2)12-14)26(24,25)22-10-7-16(8-11-22)19(23)21-13-17-4-3-9-20-17/h5-6,12,16-17,20H,3-4,7-11,13H2,1-2H3,(H,21,23). The van der Waals surface area contributed by atoms with Crippen LogP contribution in [0.3, 0.4) is 0 Å². The number of hydrogen-bond acceptors (Lipinski definition) is 4. The molecule has 1 aromatic rings. The van der Waals surface area contributed by atoms with Crippen molar-refractivity contribution in [2.24, 2.45) is 5.92 Å². The zero-order valence-electron chi connectivity index (χ0n) is 15.6. The summed E-state index contributed by atoms with van der Waals surface area (Å²) in [6.07, 6.45) is 3.42. The zero-order valence-corrected chi connectivity index (χ0v) is 16.4. The molecule has 2 heterocycles. The van der Waals surface area contributed by atoms with Crippen LogP contribution < -0.4 is 10.6 Å². The average Bonchev–Trinajstić information content (AvgIpc) is 3.13. The van der Waals surface area contributed by atoms with Crippen molar-refractivity contribution in [2.75, 3.05) is 26.2 Å². The van der Waals surface area contributed by atoms with Crippen molar-refractivity contribution in [3.05, 3.63) is 29.3 Å². The van der Waals surface area contributed by atoms with Crippen LogP contribution in [0, 0.1) is 19.8 Å². The lowest BCUT2D eigenvalue weighted by atomic mass is 9.97. The Morgan fingerprint density at radius 2 is 1.96 bits per heavy atom. The number of hydrogen-bond donors (Lipinski definition) is 2. The normalized spacial score (nSPS) is 22.5. The van der Waals surface area contributed by atoms with E-state index in [-0.39, 0.29) is 11.8 Å². The third-order valence-electron chi connectivity index (χ3n) is 5.46. The SMILES string of the molecule is Cc1ccc(S(=O)(=O)N2CCC(C(=O)NCC3CCCN3)CC2)c(C)c1. The number of rotatable bonds is 5.